The fourth-order valence-corrected chi connectivity index (χ4v) is 3.80. The van der Waals surface area contributed by atoms with Crippen molar-refractivity contribution in [2.45, 2.75) is 50.5 Å². The van der Waals surface area contributed by atoms with Crippen molar-refractivity contribution in [3.8, 4) is 0 Å². The molecule has 0 aromatic heterocycles. The van der Waals surface area contributed by atoms with E-state index in [0.29, 0.717) is 0 Å². The SMILES string of the molecule is NC1(c2ccc(N3CCCCC3)c(Cl)c2)CCCC1. The van der Waals surface area contributed by atoms with Gasteiger partial charge in [-0.2, -0.15) is 0 Å². The monoisotopic (exact) mass is 278 g/mol. The summed E-state index contributed by atoms with van der Waals surface area (Å²) in [5.41, 5.74) is 8.78. The van der Waals surface area contributed by atoms with Crippen molar-refractivity contribution in [3.63, 3.8) is 0 Å². The average Bonchev–Trinajstić information content (AvgIpc) is 2.88. The Morgan fingerprint density at radius 1 is 1.00 bits per heavy atom. The molecule has 1 saturated heterocycles. The molecule has 2 aliphatic rings. The van der Waals surface area contributed by atoms with E-state index >= 15 is 0 Å². The maximum absolute atomic E-state index is 6.51. The molecule has 0 spiro atoms. The summed E-state index contributed by atoms with van der Waals surface area (Å²) in [5.74, 6) is 0. The summed E-state index contributed by atoms with van der Waals surface area (Å²) in [6, 6.07) is 6.48. The van der Waals surface area contributed by atoms with Crippen molar-refractivity contribution in [1.82, 2.24) is 0 Å². The maximum atomic E-state index is 6.51. The van der Waals surface area contributed by atoms with Gasteiger partial charge in [-0.1, -0.05) is 30.5 Å². The Morgan fingerprint density at radius 3 is 2.32 bits per heavy atom. The van der Waals surface area contributed by atoms with Crippen LogP contribution in [0, 0.1) is 0 Å². The van der Waals surface area contributed by atoms with E-state index in [1.54, 1.807) is 0 Å². The third-order valence-electron chi connectivity index (χ3n) is 4.72. The molecule has 2 nitrogen and oxygen atoms in total. The molecular formula is C16H23ClN2. The molecule has 1 heterocycles. The number of rotatable bonds is 2. The number of benzene rings is 1. The smallest absolute Gasteiger partial charge is 0.0643 e. The van der Waals surface area contributed by atoms with Crippen LogP contribution in [0.1, 0.15) is 50.5 Å². The molecule has 0 bridgehead atoms. The van der Waals surface area contributed by atoms with Gasteiger partial charge in [-0.25, -0.2) is 0 Å². The third kappa shape index (κ3) is 2.61. The molecule has 1 aromatic carbocycles. The predicted octanol–water partition coefficient (Wildman–Crippen LogP) is 4.06. The lowest BCUT2D eigenvalue weighted by atomic mass is 9.89. The summed E-state index contributed by atoms with van der Waals surface area (Å²) < 4.78 is 0. The highest BCUT2D eigenvalue weighted by Gasteiger charge is 2.31. The van der Waals surface area contributed by atoms with E-state index in [4.69, 9.17) is 17.3 Å². The van der Waals surface area contributed by atoms with Gasteiger partial charge in [-0.3, -0.25) is 0 Å². The normalized spacial score (nSPS) is 22.7. The van der Waals surface area contributed by atoms with E-state index in [2.05, 4.69) is 23.1 Å². The standard InChI is InChI=1S/C16H23ClN2/c17-14-12-13(16(18)8-2-3-9-16)6-7-15(14)19-10-4-1-5-11-19/h6-7,12H,1-5,8-11,18H2. The van der Waals surface area contributed by atoms with Crippen LogP contribution in [-0.2, 0) is 5.54 Å². The summed E-state index contributed by atoms with van der Waals surface area (Å²) >= 11 is 6.51. The second-order valence-electron chi connectivity index (χ2n) is 6.08. The minimum absolute atomic E-state index is 0.135. The van der Waals surface area contributed by atoms with E-state index in [-0.39, 0.29) is 5.54 Å². The number of piperidine rings is 1. The Hall–Kier alpha value is -0.730. The summed E-state index contributed by atoms with van der Waals surface area (Å²) in [6.07, 6.45) is 8.55. The molecule has 0 amide bonds. The second kappa shape index (κ2) is 5.34. The Labute approximate surface area is 120 Å². The first kappa shape index (κ1) is 13.3. The number of halogens is 1. The number of nitrogens with zero attached hydrogens (tertiary/aromatic N) is 1. The first-order chi connectivity index (χ1) is 9.19. The van der Waals surface area contributed by atoms with Crippen LogP contribution in [0.4, 0.5) is 5.69 Å². The highest BCUT2D eigenvalue weighted by molar-refractivity contribution is 6.33. The quantitative estimate of drug-likeness (QED) is 0.884. The molecule has 1 saturated carbocycles. The summed E-state index contributed by atoms with van der Waals surface area (Å²) in [5, 5.41) is 0.871. The molecule has 2 fully saturated rings. The molecule has 0 atom stereocenters. The van der Waals surface area contributed by atoms with Crippen LogP contribution < -0.4 is 10.6 Å². The molecule has 0 radical (unpaired) electrons. The second-order valence-corrected chi connectivity index (χ2v) is 6.48. The van der Waals surface area contributed by atoms with E-state index in [0.717, 1.165) is 31.0 Å². The zero-order valence-electron chi connectivity index (χ0n) is 11.5. The van der Waals surface area contributed by atoms with Gasteiger partial charge < -0.3 is 10.6 Å². The molecule has 19 heavy (non-hydrogen) atoms. The van der Waals surface area contributed by atoms with Gasteiger partial charge in [0.2, 0.25) is 0 Å². The molecular weight excluding hydrogens is 256 g/mol. The molecule has 1 aromatic rings. The van der Waals surface area contributed by atoms with Crippen molar-refractivity contribution in [2.24, 2.45) is 5.73 Å². The van der Waals surface area contributed by atoms with E-state index in [1.165, 1.54) is 43.4 Å². The van der Waals surface area contributed by atoms with Crippen LogP contribution in [-0.4, -0.2) is 13.1 Å². The highest BCUT2D eigenvalue weighted by atomic mass is 35.5. The lowest BCUT2D eigenvalue weighted by molar-refractivity contribution is 0.461. The molecule has 1 aliphatic carbocycles. The van der Waals surface area contributed by atoms with Crippen molar-refractivity contribution in [1.29, 1.82) is 0 Å². The minimum Gasteiger partial charge on any atom is -0.370 e. The zero-order chi connectivity index (χ0) is 13.3. The molecule has 3 rings (SSSR count). The Morgan fingerprint density at radius 2 is 1.68 bits per heavy atom. The Balaban J connectivity index is 1.85. The Bertz CT molecular complexity index is 446. The van der Waals surface area contributed by atoms with Gasteiger partial charge in [0, 0.05) is 18.6 Å². The largest absolute Gasteiger partial charge is 0.370 e. The number of hydrogen-bond acceptors (Lipinski definition) is 2. The summed E-state index contributed by atoms with van der Waals surface area (Å²) in [7, 11) is 0. The van der Waals surface area contributed by atoms with Crippen LogP contribution in [0.3, 0.4) is 0 Å². The number of anilines is 1. The van der Waals surface area contributed by atoms with Crippen LogP contribution in [0.5, 0.6) is 0 Å². The van der Waals surface area contributed by atoms with Crippen molar-refractivity contribution in [3.05, 3.63) is 28.8 Å². The van der Waals surface area contributed by atoms with Gasteiger partial charge in [-0.05, 0) is 49.8 Å². The van der Waals surface area contributed by atoms with Gasteiger partial charge in [-0.15, -0.1) is 0 Å². The van der Waals surface area contributed by atoms with Crippen molar-refractivity contribution in [2.75, 3.05) is 18.0 Å². The zero-order valence-corrected chi connectivity index (χ0v) is 12.3. The molecule has 1 aliphatic heterocycles. The molecule has 3 heteroatoms. The van der Waals surface area contributed by atoms with Crippen LogP contribution in [0.15, 0.2) is 18.2 Å². The fourth-order valence-electron chi connectivity index (χ4n) is 3.50. The first-order valence-electron chi connectivity index (χ1n) is 7.53. The predicted molar refractivity (Wildman–Crippen MR) is 81.8 cm³/mol. The highest BCUT2D eigenvalue weighted by Crippen LogP contribution is 2.39. The van der Waals surface area contributed by atoms with E-state index in [1.807, 2.05) is 0 Å². The van der Waals surface area contributed by atoms with Gasteiger partial charge in [0.1, 0.15) is 0 Å². The van der Waals surface area contributed by atoms with Gasteiger partial charge in [0.25, 0.3) is 0 Å². The summed E-state index contributed by atoms with van der Waals surface area (Å²) in [4.78, 5) is 2.41. The number of hydrogen-bond donors (Lipinski definition) is 1. The first-order valence-corrected chi connectivity index (χ1v) is 7.91. The molecule has 2 N–H and O–H groups in total. The van der Waals surface area contributed by atoms with Crippen LogP contribution in [0.2, 0.25) is 5.02 Å². The molecule has 0 unspecified atom stereocenters. The lowest BCUT2D eigenvalue weighted by Crippen LogP contribution is -2.33. The van der Waals surface area contributed by atoms with Gasteiger partial charge >= 0.3 is 0 Å². The van der Waals surface area contributed by atoms with E-state index < -0.39 is 0 Å². The maximum Gasteiger partial charge on any atom is 0.0643 e. The van der Waals surface area contributed by atoms with Gasteiger partial charge in [0.15, 0.2) is 0 Å². The molecule has 104 valence electrons. The summed E-state index contributed by atoms with van der Waals surface area (Å²) in [6.45, 7) is 2.26. The van der Waals surface area contributed by atoms with E-state index in [9.17, 15) is 0 Å². The Kier molecular flexibility index (Phi) is 3.72. The van der Waals surface area contributed by atoms with Crippen molar-refractivity contribution < 1.29 is 0 Å². The average molecular weight is 279 g/mol. The fraction of sp³-hybridized carbons (Fsp3) is 0.625. The van der Waals surface area contributed by atoms with Crippen LogP contribution in [0.25, 0.3) is 0 Å². The minimum atomic E-state index is -0.135. The van der Waals surface area contributed by atoms with Gasteiger partial charge in [0.05, 0.1) is 10.7 Å². The topological polar surface area (TPSA) is 29.3 Å². The number of nitrogens with two attached hydrogens (primary N) is 1. The third-order valence-corrected chi connectivity index (χ3v) is 5.02. The van der Waals surface area contributed by atoms with Crippen molar-refractivity contribution >= 4 is 17.3 Å². The van der Waals surface area contributed by atoms with Crippen LogP contribution >= 0.6 is 11.6 Å². The lowest BCUT2D eigenvalue weighted by Gasteiger charge is -2.31.